The molecule has 0 spiro atoms. The molecule has 7 heteroatoms. The van der Waals surface area contributed by atoms with E-state index < -0.39 is 12.1 Å². The van der Waals surface area contributed by atoms with Crippen molar-refractivity contribution in [2.24, 2.45) is 0 Å². The zero-order chi connectivity index (χ0) is 20.0. The second-order valence-corrected chi connectivity index (χ2v) is 6.60. The first-order valence-electron chi connectivity index (χ1n) is 8.69. The van der Waals surface area contributed by atoms with Crippen LogP contribution in [0.4, 0.5) is 10.5 Å². The lowest BCUT2D eigenvalue weighted by Gasteiger charge is -2.15. The number of anilines is 1. The minimum Gasteiger partial charge on any atom is -0.508 e. The molecular weight excluding hydrogens is 346 g/mol. The Hall–Kier alpha value is -3.06. The van der Waals surface area contributed by atoms with Crippen LogP contribution in [0.5, 0.6) is 5.75 Å². The first kappa shape index (κ1) is 20.3. The number of carbonyl (C=O) groups is 2. The number of nitrogens with one attached hydrogen (secondary N) is 3. The van der Waals surface area contributed by atoms with Crippen LogP contribution in [0.15, 0.2) is 42.5 Å². The van der Waals surface area contributed by atoms with Gasteiger partial charge in [0.15, 0.2) is 0 Å². The SMILES string of the molecule is Cc1cc(C(=O)NC(C)C)ccc1NC(=O)NCC(O)c1ccc(O)cc1. The van der Waals surface area contributed by atoms with Gasteiger partial charge in [-0.25, -0.2) is 4.79 Å². The molecule has 0 aromatic heterocycles. The first-order chi connectivity index (χ1) is 12.8. The van der Waals surface area contributed by atoms with Crippen LogP contribution in [0.1, 0.15) is 41.4 Å². The molecule has 1 atom stereocenters. The van der Waals surface area contributed by atoms with E-state index in [9.17, 15) is 19.8 Å². The number of hydrogen-bond acceptors (Lipinski definition) is 4. The summed E-state index contributed by atoms with van der Waals surface area (Å²) in [5.41, 5.74) is 2.44. The topological polar surface area (TPSA) is 111 Å². The minimum atomic E-state index is -0.889. The second-order valence-electron chi connectivity index (χ2n) is 6.60. The summed E-state index contributed by atoms with van der Waals surface area (Å²) in [5, 5.41) is 27.4. The van der Waals surface area contributed by atoms with Crippen LogP contribution in [0.2, 0.25) is 0 Å². The van der Waals surface area contributed by atoms with Crippen LogP contribution in [0.25, 0.3) is 0 Å². The normalized spacial score (nSPS) is 11.7. The number of hydrogen-bond donors (Lipinski definition) is 5. The molecule has 5 N–H and O–H groups in total. The molecule has 0 aliphatic rings. The molecule has 144 valence electrons. The van der Waals surface area contributed by atoms with Crippen LogP contribution < -0.4 is 16.0 Å². The van der Waals surface area contributed by atoms with E-state index in [1.165, 1.54) is 12.1 Å². The van der Waals surface area contributed by atoms with Gasteiger partial charge in [-0.3, -0.25) is 4.79 Å². The zero-order valence-corrected chi connectivity index (χ0v) is 15.6. The van der Waals surface area contributed by atoms with Gasteiger partial charge >= 0.3 is 6.03 Å². The maximum atomic E-state index is 12.1. The molecule has 0 saturated carbocycles. The lowest BCUT2D eigenvalue weighted by molar-refractivity contribution is 0.0943. The van der Waals surface area contributed by atoms with Crippen molar-refractivity contribution in [2.75, 3.05) is 11.9 Å². The van der Waals surface area contributed by atoms with Gasteiger partial charge in [0.25, 0.3) is 5.91 Å². The minimum absolute atomic E-state index is 0.0184. The third-order valence-corrected chi connectivity index (χ3v) is 3.89. The molecule has 0 saturated heterocycles. The van der Waals surface area contributed by atoms with Gasteiger partial charge in [0.2, 0.25) is 0 Å². The molecule has 27 heavy (non-hydrogen) atoms. The van der Waals surface area contributed by atoms with E-state index in [-0.39, 0.29) is 24.2 Å². The molecule has 0 heterocycles. The Bertz CT molecular complexity index is 803. The Morgan fingerprint density at radius 2 is 1.74 bits per heavy atom. The average molecular weight is 371 g/mol. The summed E-state index contributed by atoms with van der Waals surface area (Å²) in [6.45, 7) is 5.59. The molecule has 0 radical (unpaired) electrons. The summed E-state index contributed by atoms with van der Waals surface area (Å²) in [6, 6.07) is 10.7. The molecule has 1 unspecified atom stereocenters. The van der Waals surface area contributed by atoms with Crippen molar-refractivity contribution in [3.05, 3.63) is 59.2 Å². The summed E-state index contributed by atoms with van der Waals surface area (Å²) in [4.78, 5) is 24.1. The largest absolute Gasteiger partial charge is 0.508 e. The van der Waals surface area contributed by atoms with E-state index in [4.69, 9.17) is 0 Å². The molecule has 0 aliphatic heterocycles. The molecule has 2 aromatic rings. The fourth-order valence-electron chi connectivity index (χ4n) is 2.46. The van der Waals surface area contributed by atoms with E-state index in [1.54, 1.807) is 37.3 Å². The van der Waals surface area contributed by atoms with Crippen LogP contribution >= 0.6 is 0 Å². The monoisotopic (exact) mass is 371 g/mol. The standard InChI is InChI=1S/C20H25N3O4/c1-12(2)22-19(26)15-6-9-17(13(3)10-15)23-20(27)21-11-18(25)14-4-7-16(24)8-5-14/h4-10,12,18,24-25H,11H2,1-3H3,(H,22,26)(H2,21,23,27). The lowest BCUT2D eigenvalue weighted by atomic mass is 10.1. The summed E-state index contributed by atoms with van der Waals surface area (Å²) >= 11 is 0. The van der Waals surface area contributed by atoms with Crippen LogP contribution in [0.3, 0.4) is 0 Å². The van der Waals surface area contributed by atoms with Crippen LogP contribution in [0, 0.1) is 6.92 Å². The number of benzene rings is 2. The number of phenols is 1. The molecule has 0 aliphatic carbocycles. The molecular formula is C20H25N3O4. The van der Waals surface area contributed by atoms with Gasteiger partial charge < -0.3 is 26.2 Å². The van der Waals surface area contributed by atoms with Crippen molar-refractivity contribution in [1.82, 2.24) is 10.6 Å². The molecule has 7 nitrogen and oxygen atoms in total. The lowest BCUT2D eigenvalue weighted by Crippen LogP contribution is -2.32. The average Bonchev–Trinajstić information content (AvgIpc) is 2.61. The van der Waals surface area contributed by atoms with Gasteiger partial charge in [-0.2, -0.15) is 0 Å². The van der Waals surface area contributed by atoms with Crippen molar-refractivity contribution in [3.8, 4) is 5.75 Å². The molecule has 0 fully saturated rings. The van der Waals surface area contributed by atoms with Gasteiger partial charge in [0.05, 0.1) is 6.10 Å². The van der Waals surface area contributed by atoms with Gasteiger partial charge in [-0.05, 0) is 62.2 Å². The third kappa shape index (κ3) is 6.00. The van der Waals surface area contributed by atoms with Gasteiger partial charge in [0, 0.05) is 23.8 Å². The first-order valence-corrected chi connectivity index (χ1v) is 8.69. The van der Waals surface area contributed by atoms with E-state index in [1.807, 2.05) is 13.8 Å². The van der Waals surface area contributed by atoms with E-state index in [0.717, 1.165) is 5.56 Å². The van der Waals surface area contributed by atoms with Crippen molar-refractivity contribution in [3.63, 3.8) is 0 Å². The Morgan fingerprint density at radius 3 is 2.33 bits per heavy atom. The smallest absolute Gasteiger partial charge is 0.319 e. The maximum absolute atomic E-state index is 12.1. The van der Waals surface area contributed by atoms with Crippen molar-refractivity contribution >= 4 is 17.6 Å². The number of aryl methyl sites for hydroxylation is 1. The number of urea groups is 1. The number of aliphatic hydroxyl groups is 1. The number of amides is 3. The maximum Gasteiger partial charge on any atom is 0.319 e. The zero-order valence-electron chi connectivity index (χ0n) is 15.6. The Kier molecular flexibility index (Phi) is 6.79. The van der Waals surface area contributed by atoms with Gasteiger partial charge in [0.1, 0.15) is 5.75 Å². The molecule has 2 aromatic carbocycles. The highest BCUT2D eigenvalue weighted by Crippen LogP contribution is 2.18. The highest BCUT2D eigenvalue weighted by atomic mass is 16.3. The molecule has 3 amide bonds. The number of rotatable bonds is 6. The van der Waals surface area contributed by atoms with Crippen molar-refractivity contribution in [2.45, 2.75) is 32.9 Å². The highest BCUT2D eigenvalue weighted by Gasteiger charge is 2.12. The van der Waals surface area contributed by atoms with Crippen LogP contribution in [-0.4, -0.2) is 34.7 Å². The summed E-state index contributed by atoms with van der Waals surface area (Å²) in [6.07, 6.45) is -0.889. The van der Waals surface area contributed by atoms with Crippen molar-refractivity contribution < 1.29 is 19.8 Å². The number of carbonyl (C=O) groups excluding carboxylic acids is 2. The van der Waals surface area contributed by atoms with E-state index in [2.05, 4.69) is 16.0 Å². The summed E-state index contributed by atoms with van der Waals surface area (Å²) in [5.74, 6) is -0.0567. The number of aliphatic hydroxyl groups excluding tert-OH is 1. The Morgan fingerprint density at radius 1 is 1.07 bits per heavy atom. The second kappa shape index (κ2) is 9.05. The number of phenolic OH excluding ortho intramolecular Hbond substituents is 1. The Balaban J connectivity index is 1.91. The molecule has 0 bridgehead atoms. The predicted molar refractivity (Wildman–Crippen MR) is 104 cm³/mol. The fourth-order valence-corrected chi connectivity index (χ4v) is 2.46. The van der Waals surface area contributed by atoms with Crippen LogP contribution in [-0.2, 0) is 0 Å². The van der Waals surface area contributed by atoms with Crippen molar-refractivity contribution in [1.29, 1.82) is 0 Å². The third-order valence-electron chi connectivity index (χ3n) is 3.89. The van der Waals surface area contributed by atoms with Gasteiger partial charge in [-0.15, -0.1) is 0 Å². The molecule has 2 rings (SSSR count). The quantitative estimate of drug-likeness (QED) is 0.538. The number of aromatic hydroxyl groups is 1. The Labute approximate surface area is 158 Å². The van der Waals surface area contributed by atoms with E-state index in [0.29, 0.717) is 16.8 Å². The predicted octanol–water partition coefficient (Wildman–Crippen LogP) is 2.69. The fraction of sp³-hybridized carbons (Fsp3) is 0.300. The van der Waals surface area contributed by atoms with E-state index >= 15 is 0 Å². The van der Waals surface area contributed by atoms with Gasteiger partial charge in [-0.1, -0.05) is 12.1 Å². The summed E-state index contributed by atoms with van der Waals surface area (Å²) in [7, 11) is 0. The summed E-state index contributed by atoms with van der Waals surface area (Å²) < 4.78 is 0. The highest BCUT2D eigenvalue weighted by molar-refractivity contribution is 5.96.